The van der Waals surface area contributed by atoms with E-state index in [2.05, 4.69) is 44.5 Å². The number of benzene rings is 3. The van der Waals surface area contributed by atoms with Gasteiger partial charge in [0.25, 0.3) is 0 Å². The third-order valence-electron chi connectivity index (χ3n) is 7.36. The molecule has 10 nitrogen and oxygen atoms in total. The van der Waals surface area contributed by atoms with Crippen LogP contribution in [0.5, 0.6) is 11.5 Å². The lowest BCUT2D eigenvalue weighted by Crippen LogP contribution is -2.41. The molecular formula is C33H32F5N7O3S2. The number of nitrogens with one attached hydrogen (secondary N) is 2. The number of carbonyl (C=O) groups is 1. The van der Waals surface area contributed by atoms with Crippen molar-refractivity contribution in [3.63, 3.8) is 0 Å². The van der Waals surface area contributed by atoms with Crippen molar-refractivity contribution in [3.8, 4) is 28.6 Å². The number of amides is 1. The van der Waals surface area contributed by atoms with E-state index >= 15 is 0 Å². The van der Waals surface area contributed by atoms with E-state index in [4.69, 9.17) is 17.0 Å². The minimum Gasteiger partial charge on any atom is -0.497 e. The predicted octanol–water partition coefficient (Wildman–Crippen LogP) is 7.25. The van der Waals surface area contributed by atoms with E-state index in [0.29, 0.717) is 33.9 Å². The van der Waals surface area contributed by atoms with Gasteiger partial charge in [-0.1, -0.05) is 55.9 Å². The fourth-order valence-electron chi connectivity index (χ4n) is 4.85. The predicted molar refractivity (Wildman–Crippen MR) is 185 cm³/mol. The van der Waals surface area contributed by atoms with Crippen LogP contribution in [0.25, 0.3) is 17.1 Å². The van der Waals surface area contributed by atoms with Crippen LogP contribution in [-0.4, -0.2) is 56.1 Å². The van der Waals surface area contributed by atoms with Crippen LogP contribution in [0.3, 0.4) is 0 Å². The van der Waals surface area contributed by atoms with Gasteiger partial charge in [0.2, 0.25) is 11.0 Å². The van der Waals surface area contributed by atoms with Gasteiger partial charge in [0.15, 0.2) is 11.0 Å². The maximum absolute atomic E-state index is 13.2. The molecule has 4 aromatic rings. The zero-order valence-corrected chi connectivity index (χ0v) is 28.8. The quantitative estimate of drug-likeness (QED) is 0.0937. The fraction of sp³-hybridized carbons (Fsp3) is 0.303. The number of methoxy groups -OCH3 is 1. The molecule has 2 heterocycles. The summed E-state index contributed by atoms with van der Waals surface area (Å²) in [5, 5.41) is 4.99. The number of alkyl halides is 5. The summed E-state index contributed by atoms with van der Waals surface area (Å²) >= 11 is 6.79. The van der Waals surface area contributed by atoms with E-state index in [1.807, 2.05) is 49.4 Å². The van der Waals surface area contributed by atoms with Gasteiger partial charge in [-0.25, -0.2) is 15.1 Å². The molecule has 3 aromatic carbocycles. The first-order valence-corrected chi connectivity index (χ1v) is 16.6. The number of hydrogen-bond donors (Lipinski definition) is 2. The van der Waals surface area contributed by atoms with E-state index in [-0.39, 0.29) is 22.8 Å². The van der Waals surface area contributed by atoms with Crippen LogP contribution in [0.15, 0.2) is 78.0 Å². The van der Waals surface area contributed by atoms with Crippen LogP contribution in [-0.2, 0) is 11.2 Å². The highest BCUT2D eigenvalue weighted by Gasteiger charge is 2.61. The van der Waals surface area contributed by atoms with Crippen molar-refractivity contribution in [1.29, 1.82) is 0 Å². The number of amidine groups is 1. The number of carbonyl (C=O) groups excluding carboxylic acids is 1. The molecule has 1 amide bonds. The highest BCUT2D eigenvalue weighted by atomic mass is 32.2. The lowest BCUT2D eigenvalue weighted by Gasteiger charge is -2.22. The second kappa shape index (κ2) is 15.1. The van der Waals surface area contributed by atoms with Gasteiger partial charge in [0.05, 0.1) is 24.2 Å². The second-order valence-corrected chi connectivity index (χ2v) is 12.9. The molecule has 1 saturated heterocycles. The molecule has 264 valence electrons. The molecule has 17 heteroatoms. The van der Waals surface area contributed by atoms with Gasteiger partial charge in [-0.2, -0.15) is 26.9 Å². The van der Waals surface area contributed by atoms with Crippen LogP contribution in [0, 0.1) is 5.92 Å². The largest absolute Gasteiger partial charge is 0.499 e. The van der Waals surface area contributed by atoms with E-state index in [1.54, 1.807) is 12.0 Å². The molecule has 1 atom stereocenters. The van der Waals surface area contributed by atoms with E-state index < -0.39 is 18.0 Å². The molecule has 1 aliphatic rings. The summed E-state index contributed by atoms with van der Waals surface area (Å²) in [6.45, 7) is 6.13. The summed E-state index contributed by atoms with van der Waals surface area (Å²) in [5.41, 5.74) is 9.72. The maximum atomic E-state index is 13.2. The van der Waals surface area contributed by atoms with Gasteiger partial charge < -0.3 is 9.47 Å². The number of aliphatic imine (C=N–C) groups is 1. The molecule has 0 spiro atoms. The van der Waals surface area contributed by atoms with Crippen molar-refractivity contribution in [2.24, 2.45) is 10.9 Å². The molecular weight excluding hydrogens is 702 g/mol. The van der Waals surface area contributed by atoms with E-state index in [0.717, 1.165) is 35.4 Å². The lowest BCUT2D eigenvalue weighted by molar-refractivity contribution is -0.360. The van der Waals surface area contributed by atoms with Crippen molar-refractivity contribution in [2.45, 2.75) is 45.5 Å². The summed E-state index contributed by atoms with van der Waals surface area (Å²) in [6, 6.07) is 17.3. The highest BCUT2D eigenvalue weighted by molar-refractivity contribution is 8.15. The Morgan fingerprint density at radius 1 is 1.02 bits per heavy atom. The molecule has 0 radical (unpaired) electrons. The molecule has 0 bridgehead atoms. The van der Waals surface area contributed by atoms with Crippen molar-refractivity contribution < 1.29 is 36.2 Å². The van der Waals surface area contributed by atoms with Crippen LogP contribution in [0.2, 0.25) is 0 Å². The van der Waals surface area contributed by atoms with Crippen LogP contribution >= 0.6 is 24.0 Å². The Balaban J connectivity index is 1.20. The normalized spacial score (nSPS) is 15.1. The first-order chi connectivity index (χ1) is 23.6. The third-order valence-corrected chi connectivity index (χ3v) is 8.47. The number of thiocarbonyl (C=S) groups is 1. The third kappa shape index (κ3) is 8.57. The summed E-state index contributed by atoms with van der Waals surface area (Å²) in [7, 11) is 1.58. The highest BCUT2D eigenvalue weighted by Crippen LogP contribution is 2.37. The molecule has 1 unspecified atom stereocenters. The number of anilines is 1. The average molecular weight is 734 g/mol. The van der Waals surface area contributed by atoms with Gasteiger partial charge in [0.1, 0.15) is 17.8 Å². The minimum atomic E-state index is -5.84. The Bertz CT molecular complexity index is 1870. The summed E-state index contributed by atoms with van der Waals surface area (Å²) in [4.78, 5) is 23.4. The number of halogens is 5. The lowest BCUT2D eigenvalue weighted by atomic mass is 10.0. The summed E-state index contributed by atoms with van der Waals surface area (Å²) in [5.74, 6) is 0.834. The zero-order valence-electron chi connectivity index (χ0n) is 27.2. The molecule has 5 rings (SSSR count). The number of rotatable bonds is 11. The minimum absolute atomic E-state index is 0.102. The van der Waals surface area contributed by atoms with Crippen molar-refractivity contribution in [1.82, 2.24) is 25.6 Å². The molecule has 0 saturated carbocycles. The van der Waals surface area contributed by atoms with Crippen molar-refractivity contribution in [3.05, 3.63) is 84.2 Å². The number of hydrazine groups is 1. The van der Waals surface area contributed by atoms with Gasteiger partial charge in [-0.05, 0) is 72.9 Å². The SMILES string of the molecule is COc1ccc(CC(C)C)c(N2C(=O)CSC2=NC(=S)NNC(C)c2ccc(-c3ncn(-c4ccc(OC(F)(F)C(F)(F)F)cc4)n3)cc2)c1. The van der Waals surface area contributed by atoms with Gasteiger partial charge in [0, 0.05) is 17.7 Å². The Morgan fingerprint density at radius 3 is 2.34 bits per heavy atom. The first kappa shape index (κ1) is 36.7. The monoisotopic (exact) mass is 733 g/mol. The Hall–Kier alpha value is -4.61. The average Bonchev–Trinajstić information content (AvgIpc) is 3.70. The van der Waals surface area contributed by atoms with Crippen LogP contribution < -0.4 is 25.2 Å². The number of hydrogen-bond acceptors (Lipinski definition) is 8. The van der Waals surface area contributed by atoms with Crippen LogP contribution in [0.1, 0.15) is 37.9 Å². The van der Waals surface area contributed by atoms with Gasteiger partial charge in [-0.15, -0.1) is 5.10 Å². The number of ether oxygens (including phenoxy) is 2. The Labute approximate surface area is 294 Å². The molecule has 0 aliphatic carbocycles. The molecule has 50 heavy (non-hydrogen) atoms. The number of aromatic nitrogens is 3. The molecule has 2 N–H and O–H groups in total. The van der Waals surface area contributed by atoms with Crippen molar-refractivity contribution >= 4 is 45.9 Å². The summed E-state index contributed by atoms with van der Waals surface area (Å²) < 4.78 is 74.3. The maximum Gasteiger partial charge on any atom is 0.499 e. The zero-order chi connectivity index (χ0) is 36.2. The first-order valence-electron chi connectivity index (χ1n) is 15.2. The Morgan fingerprint density at radius 2 is 1.70 bits per heavy atom. The number of nitrogens with zero attached hydrogens (tertiary/aromatic N) is 5. The summed E-state index contributed by atoms with van der Waals surface area (Å²) in [6.07, 6.45) is -9.01. The molecule has 1 aromatic heterocycles. The second-order valence-electron chi connectivity index (χ2n) is 11.5. The smallest absolute Gasteiger partial charge is 0.497 e. The van der Waals surface area contributed by atoms with E-state index in [9.17, 15) is 26.7 Å². The molecule has 1 fully saturated rings. The standard InChI is InChI=1S/C33H32F5N7O3S2/c1-19(2)15-23-9-12-26(47-4)16-27(23)45-28(46)17-50-31(45)40-30(49)42-41-20(3)21-5-7-22(8-6-21)29-39-18-44(43-29)24-10-13-25(14-11-24)48-33(37,38)32(34,35)36/h5-14,16,18-20,41H,15,17H2,1-4H3,(H,42,49). The van der Waals surface area contributed by atoms with Crippen molar-refractivity contribution in [2.75, 3.05) is 17.8 Å². The molecule has 1 aliphatic heterocycles. The Kier molecular flexibility index (Phi) is 11.1. The fourth-order valence-corrected chi connectivity index (χ4v) is 5.92. The van der Waals surface area contributed by atoms with Crippen LogP contribution in [0.4, 0.5) is 27.6 Å². The number of thioether (sulfide) groups is 1. The van der Waals surface area contributed by atoms with Gasteiger partial charge in [-0.3, -0.25) is 15.1 Å². The topological polar surface area (TPSA) is 106 Å². The van der Waals surface area contributed by atoms with E-state index in [1.165, 1.54) is 34.9 Å². The van der Waals surface area contributed by atoms with Gasteiger partial charge >= 0.3 is 12.3 Å².